The van der Waals surface area contributed by atoms with Gasteiger partial charge < -0.3 is 9.84 Å². The lowest BCUT2D eigenvalue weighted by Crippen LogP contribution is -1.82. The first kappa shape index (κ1) is 17.2. The van der Waals surface area contributed by atoms with Crippen LogP contribution in [0.3, 0.4) is 0 Å². The predicted molar refractivity (Wildman–Crippen MR) is 102 cm³/mol. The molecule has 3 aromatic carbocycles. The van der Waals surface area contributed by atoms with E-state index in [0.29, 0.717) is 15.8 Å². The summed E-state index contributed by atoms with van der Waals surface area (Å²) in [6.45, 7) is 2.05. The number of azo groups is 1. The van der Waals surface area contributed by atoms with E-state index < -0.39 is 0 Å². The van der Waals surface area contributed by atoms with Gasteiger partial charge in [-0.25, -0.2) is 0 Å². The van der Waals surface area contributed by atoms with Gasteiger partial charge in [-0.15, -0.1) is 5.11 Å². The van der Waals surface area contributed by atoms with Gasteiger partial charge >= 0.3 is 0 Å². The van der Waals surface area contributed by atoms with Gasteiger partial charge in [0.1, 0.15) is 17.2 Å². The maximum atomic E-state index is 10.1. The fourth-order valence-electron chi connectivity index (χ4n) is 2.24. The highest BCUT2D eigenvalue weighted by Gasteiger charge is 2.07. The van der Waals surface area contributed by atoms with Crippen molar-refractivity contribution in [3.63, 3.8) is 0 Å². The molecule has 3 aromatic rings. The van der Waals surface area contributed by atoms with Crippen LogP contribution in [0.4, 0.5) is 11.4 Å². The zero-order valence-corrected chi connectivity index (χ0v) is 15.3. The Morgan fingerprint density at radius 2 is 1.60 bits per heavy atom. The monoisotopic (exact) mass is 396 g/mol. The van der Waals surface area contributed by atoms with Gasteiger partial charge in [-0.05, 0) is 76.4 Å². The number of aromatic hydroxyl groups is 1. The molecule has 0 atom stereocenters. The van der Waals surface area contributed by atoms with Crippen LogP contribution >= 0.6 is 15.9 Å². The summed E-state index contributed by atoms with van der Waals surface area (Å²) in [5.41, 5.74) is 2.19. The molecule has 0 bridgehead atoms. The van der Waals surface area contributed by atoms with Gasteiger partial charge in [0.05, 0.1) is 10.2 Å². The van der Waals surface area contributed by atoms with Crippen LogP contribution in [0.1, 0.15) is 12.5 Å². The zero-order valence-electron chi connectivity index (χ0n) is 13.7. The van der Waals surface area contributed by atoms with E-state index in [2.05, 4.69) is 26.2 Å². The molecule has 0 unspecified atom stereocenters. The third-order valence-electron chi connectivity index (χ3n) is 3.60. The molecule has 126 valence electrons. The Kier molecular flexibility index (Phi) is 5.46. The van der Waals surface area contributed by atoms with Crippen molar-refractivity contribution in [3.8, 4) is 17.2 Å². The first-order valence-corrected chi connectivity index (χ1v) is 8.71. The molecule has 0 fully saturated rings. The number of hydrogen-bond acceptors (Lipinski definition) is 4. The Balaban J connectivity index is 1.75. The van der Waals surface area contributed by atoms with E-state index in [-0.39, 0.29) is 5.75 Å². The smallest absolute Gasteiger partial charge is 0.157 e. The number of hydrogen-bond donors (Lipinski definition) is 1. The van der Waals surface area contributed by atoms with Gasteiger partial charge in [-0.1, -0.05) is 25.1 Å². The van der Waals surface area contributed by atoms with Crippen LogP contribution in [-0.2, 0) is 6.42 Å². The predicted octanol–water partition coefficient (Wildman–Crippen LogP) is 6.92. The number of nitrogens with zero attached hydrogens (tertiary/aromatic N) is 2. The molecular formula is C20H17BrN2O2. The number of benzene rings is 3. The van der Waals surface area contributed by atoms with Crippen LogP contribution in [0.25, 0.3) is 0 Å². The van der Waals surface area contributed by atoms with Crippen molar-refractivity contribution < 1.29 is 9.84 Å². The molecule has 0 aromatic heterocycles. The van der Waals surface area contributed by atoms with E-state index in [9.17, 15) is 5.11 Å². The van der Waals surface area contributed by atoms with Crippen LogP contribution < -0.4 is 4.74 Å². The molecule has 0 heterocycles. The van der Waals surface area contributed by atoms with Crippen molar-refractivity contribution in [2.45, 2.75) is 13.3 Å². The largest absolute Gasteiger partial charge is 0.505 e. The maximum Gasteiger partial charge on any atom is 0.157 e. The van der Waals surface area contributed by atoms with Crippen molar-refractivity contribution in [1.29, 1.82) is 0 Å². The molecule has 0 saturated heterocycles. The third kappa shape index (κ3) is 4.45. The molecule has 5 heteroatoms. The molecule has 4 nitrogen and oxygen atoms in total. The Morgan fingerprint density at radius 3 is 2.28 bits per heavy atom. The molecule has 1 N–H and O–H groups in total. The van der Waals surface area contributed by atoms with Crippen molar-refractivity contribution in [1.82, 2.24) is 0 Å². The van der Waals surface area contributed by atoms with Gasteiger partial charge in [-0.2, -0.15) is 5.11 Å². The minimum Gasteiger partial charge on any atom is -0.505 e. The number of ether oxygens (including phenoxy) is 1. The quantitative estimate of drug-likeness (QED) is 0.475. The van der Waals surface area contributed by atoms with E-state index >= 15 is 0 Å². The summed E-state index contributed by atoms with van der Waals surface area (Å²) >= 11 is 3.34. The molecule has 0 aliphatic rings. The number of rotatable bonds is 5. The van der Waals surface area contributed by atoms with E-state index in [0.717, 1.165) is 23.5 Å². The summed E-state index contributed by atoms with van der Waals surface area (Å²) in [5.74, 6) is 1.59. The molecule has 0 aliphatic carbocycles. The highest BCUT2D eigenvalue weighted by Crippen LogP contribution is 2.36. The van der Waals surface area contributed by atoms with Crippen LogP contribution in [0, 0.1) is 0 Å². The lowest BCUT2D eigenvalue weighted by molar-refractivity contribution is 0.472. The van der Waals surface area contributed by atoms with Gasteiger partial charge in [0.2, 0.25) is 0 Å². The van der Waals surface area contributed by atoms with Crippen LogP contribution in [0.15, 0.2) is 81.4 Å². The molecule has 0 spiro atoms. The Morgan fingerprint density at radius 1 is 0.920 bits per heavy atom. The van der Waals surface area contributed by atoms with Gasteiger partial charge in [0, 0.05) is 0 Å². The maximum absolute atomic E-state index is 10.1. The summed E-state index contributed by atoms with van der Waals surface area (Å²) in [6.07, 6.45) is 0.854. The minimum atomic E-state index is 0.0879. The number of aryl methyl sites for hydroxylation is 1. The minimum absolute atomic E-state index is 0.0879. The topological polar surface area (TPSA) is 54.2 Å². The highest BCUT2D eigenvalue weighted by molar-refractivity contribution is 9.10. The second kappa shape index (κ2) is 7.94. The summed E-state index contributed by atoms with van der Waals surface area (Å²) in [7, 11) is 0. The first-order valence-electron chi connectivity index (χ1n) is 7.92. The number of phenolic OH excluding ortho intramolecular Hbond substituents is 1. The molecule has 3 rings (SSSR count). The summed E-state index contributed by atoms with van der Waals surface area (Å²) in [4.78, 5) is 0. The molecule has 25 heavy (non-hydrogen) atoms. The normalized spacial score (nSPS) is 11.0. The third-order valence-corrected chi connectivity index (χ3v) is 4.20. The Labute approximate surface area is 154 Å². The fourth-order valence-corrected chi connectivity index (χ4v) is 2.73. The van der Waals surface area contributed by atoms with Crippen molar-refractivity contribution in [3.05, 3.63) is 76.8 Å². The van der Waals surface area contributed by atoms with E-state index in [1.165, 1.54) is 0 Å². The van der Waals surface area contributed by atoms with E-state index in [1.807, 2.05) is 73.7 Å². The molecular weight excluding hydrogens is 380 g/mol. The van der Waals surface area contributed by atoms with E-state index in [4.69, 9.17) is 4.74 Å². The fraction of sp³-hybridized carbons (Fsp3) is 0.100. The lowest BCUT2D eigenvalue weighted by Gasteiger charge is -2.05. The van der Waals surface area contributed by atoms with Crippen molar-refractivity contribution in [2.75, 3.05) is 0 Å². The van der Waals surface area contributed by atoms with Gasteiger partial charge in [0.25, 0.3) is 0 Å². The molecule has 0 saturated carbocycles. The summed E-state index contributed by atoms with van der Waals surface area (Å²) in [5, 5.41) is 18.4. The standard InChI is InChI=1S/C20H17BrN2O2/c1-2-14-12-18(21)20(24)19(13-14)23-22-15-8-10-17(11-9-15)25-16-6-4-3-5-7-16/h3-13,24H,2H2,1H3. The summed E-state index contributed by atoms with van der Waals surface area (Å²) < 4.78 is 6.36. The van der Waals surface area contributed by atoms with Crippen LogP contribution in [0.2, 0.25) is 0 Å². The van der Waals surface area contributed by atoms with Crippen molar-refractivity contribution in [2.24, 2.45) is 10.2 Å². The lowest BCUT2D eigenvalue weighted by atomic mass is 10.1. The average Bonchev–Trinajstić information content (AvgIpc) is 2.65. The Bertz CT molecular complexity index is 878. The number of para-hydroxylation sites is 1. The van der Waals surface area contributed by atoms with Gasteiger partial charge in [-0.3, -0.25) is 0 Å². The van der Waals surface area contributed by atoms with Crippen LogP contribution in [0.5, 0.6) is 17.2 Å². The Hall–Kier alpha value is -2.66. The zero-order chi connectivity index (χ0) is 17.6. The van der Waals surface area contributed by atoms with E-state index in [1.54, 1.807) is 0 Å². The highest BCUT2D eigenvalue weighted by atomic mass is 79.9. The molecule has 0 radical (unpaired) electrons. The van der Waals surface area contributed by atoms with Crippen molar-refractivity contribution >= 4 is 27.3 Å². The number of halogens is 1. The average molecular weight is 397 g/mol. The molecule has 0 aliphatic heterocycles. The second-order valence-electron chi connectivity index (χ2n) is 5.41. The first-order chi connectivity index (χ1) is 12.2. The molecule has 0 amide bonds. The SMILES string of the molecule is CCc1cc(Br)c(O)c(N=Nc2ccc(Oc3ccccc3)cc2)c1. The summed E-state index contributed by atoms with van der Waals surface area (Å²) in [6, 6.07) is 20.6. The van der Waals surface area contributed by atoms with Crippen LogP contribution in [-0.4, -0.2) is 5.11 Å². The second-order valence-corrected chi connectivity index (χ2v) is 6.26. The van der Waals surface area contributed by atoms with Gasteiger partial charge in [0.15, 0.2) is 5.75 Å². The number of phenols is 1.